The highest BCUT2D eigenvalue weighted by atomic mass is 35.5. The number of carbonyl (C=O) groups is 1. The van der Waals surface area contributed by atoms with Crippen LogP contribution in [0.1, 0.15) is 24.1 Å². The third-order valence-corrected chi connectivity index (χ3v) is 7.32. The van der Waals surface area contributed by atoms with Crippen LogP contribution >= 0.6 is 22.9 Å². The summed E-state index contributed by atoms with van der Waals surface area (Å²) in [6, 6.07) is 13.7. The van der Waals surface area contributed by atoms with Crippen LogP contribution in [0.4, 0.5) is 9.52 Å². The number of rotatable bonds is 5. The quantitative estimate of drug-likeness (QED) is 0.428. The van der Waals surface area contributed by atoms with Crippen molar-refractivity contribution >= 4 is 44.3 Å². The topological polar surface area (TPSA) is 63.1 Å². The van der Waals surface area contributed by atoms with Crippen LogP contribution in [0, 0.1) is 18.7 Å². The summed E-state index contributed by atoms with van der Waals surface area (Å²) in [7, 11) is 0. The number of amides is 1. The number of aromatic nitrogens is 3. The molecule has 0 unspecified atom stereocenters. The lowest BCUT2D eigenvalue weighted by atomic mass is 9.97. The molecule has 1 fully saturated rings. The minimum Gasteiger partial charge on any atom is -0.352 e. The molecule has 9 heteroatoms. The zero-order valence-corrected chi connectivity index (χ0v) is 19.7. The lowest BCUT2D eigenvalue weighted by Gasteiger charge is -2.31. The summed E-state index contributed by atoms with van der Waals surface area (Å²) in [5.41, 5.74) is 3.39. The molecule has 0 radical (unpaired) electrons. The molecule has 1 atom stereocenters. The van der Waals surface area contributed by atoms with Gasteiger partial charge in [-0.05, 0) is 61.7 Å². The zero-order chi connectivity index (χ0) is 22.9. The molecule has 2 aromatic carbocycles. The van der Waals surface area contributed by atoms with Gasteiger partial charge in [0.1, 0.15) is 5.82 Å². The Morgan fingerprint density at radius 3 is 2.88 bits per heavy atom. The lowest BCUT2D eigenvalue weighted by Crippen LogP contribution is -2.43. The van der Waals surface area contributed by atoms with E-state index in [0.29, 0.717) is 18.1 Å². The molecule has 2 aromatic heterocycles. The smallest absolute Gasteiger partial charge is 0.225 e. The first-order chi connectivity index (χ1) is 16.0. The average molecular weight is 484 g/mol. The van der Waals surface area contributed by atoms with Crippen molar-refractivity contribution in [3.8, 4) is 5.69 Å². The van der Waals surface area contributed by atoms with E-state index < -0.39 is 0 Å². The molecule has 3 heterocycles. The fourth-order valence-corrected chi connectivity index (χ4v) is 5.40. The summed E-state index contributed by atoms with van der Waals surface area (Å²) < 4.78 is 16.1. The Labute approximate surface area is 200 Å². The number of nitrogens with zero attached hydrogens (tertiary/aromatic N) is 4. The Hall–Kier alpha value is -2.97. The number of hydrogen-bond donors (Lipinski definition) is 1. The van der Waals surface area contributed by atoms with E-state index in [-0.39, 0.29) is 17.6 Å². The summed E-state index contributed by atoms with van der Waals surface area (Å²) >= 11 is 7.63. The molecule has 1 saturated heterocycles. The number of benzene rings is 2. The first-order valence-corrected chi connectivity index (χ1v) is 12.1. The molecule has 0 saturated carbocycles. The molecule has 5 rings (SSSR count). The van der Waals surface area contributed by atoms with Crippen molar-refractivity contribution in [3.63, 3.8) is 0 Å². The van der Waals surface area contributed by atoms with E-state index in [9.17, 15) is 9.18 Å². The van der Waals surface area contributed by atoms with Crippen molar-refractivity contribution in [2.45, 2.75) is 26.3 Å². The van der Waals surface area contributed by atoms with Crippen molar-refractivity contribution in [1.82, 2.24) is 20.1 Å². The van der Waals surface area contributed by atoms with Gasteiger partial charge in [0, 0.05) is 24.7 Å². The maximum atomic E-state index is 13.4. The van der Waals surface area contributed by atoms with Gasteiger partial charge in [0.05, 0.1) is 22.0 Å². The number of anilines is 1. The van der Waals surface area contributed by atoms with Crippen LogP contribution in [0.3, 0.4) is 0 Å². The van der Waals surface area contributed by atoms with Gasteiger partial charge in [-0.1, -0.05) is 35.1 Å². The number of hydrogen-bond acceptors (Lipinski definition) is 5. The molecule has 0 spiro atoms. The van der Waals surface area contributed by atoms with Gasteiger partial charge >= 0.3 is 0 Å². The van der Waals surface area contributed by atoms with E-state index in [2.05, 4.69) is 15.3 Å². The number of aryl methyl sites for hydroxylation is 1. The predicted molar refractivity (Wildman–Crippen MR) is 130 cm³/mol. The number of nitrogens with one attached hydrogen (secondary N) is 1. The standard InChI is InChI=1S/C24H23ClFN5OS/c1-15-21-22(31(29-15)20-9-7-19(26)8-10-20)28-24(33-21)30-11-3-5-17(14-30)23(32)27-13-16-4-2-6-18(25)12-16/h2,4,6-10,12,17H,3,5,11,13-14H2,1H3,(H,27,32)/t17-/m0/s1. The van der Waals surface area contributed by atoms with E-state index in [4.69, 9.17) is 16.6 Å². The maximum Gasteiger partial charge on any atom is 0.225 e. The molecular formula is C24H23ClFN5OS. The Morgan fingerprint density at radius 2 is 2.09 bits per heavy atom. The minimum absolute atomic E-state index is 0.0504. The van der Waals surface area contributed by atoms with E-state index in [1.807, 2.05) is 31.2 Å². The fourth-order valence-electron chi connectivity index (χ4n) is 4.17. The lowest BCUT2D eigenvalue weighted by molar-refractivity contribution is -0.125. The summed E-state index contributed by atoms with van der Waals surface area (Å²) in [6.45, 7) is 3.90. The molecule has 4 aromatic rings. The molecule has 33 heavy (non-hydrogen) atoms. The van der Waals surface area contributed by atoms with E-state index in [1.54, 1.807) is 28.2 Å². The van der Waals surface area contributed by atoms with Gasteiger partial charge < -0.3 is 10.2 Å². The summed E-state index contributed by atoms with van der Waals surface area (Å²) in [6.07, 6.45) is 1.78. The zero-order valence-electron chi connectivity index (χ0n) is 18.1. The predicted octanol–water partition coefficient (Wildman–Crippen LogP) is 5.12. The minimum atomic E-state index is -0.286. The van der Waals surface area contributed by atoms with Crippen molar-refractivity contribution < 1.29 is 9.18 Å². The van der Waals surface area contributed by atoms with Gasteiger partial charge in [-0.15, -0.1) is 0 Å². The number of fused-ring (bicyclic) bond motifs is 1. The van der Waals surface area contributed by atoms with Crippen LogP contribution in [-0.4, -0.2) is 33.8 Å². The highest BCUT2D eigenvalue weighted by Gasteiger charge is 2.28. The third-order valence-electron chi connectivity index (χ3n) is 5.87. The second-order valence-electron chi connectivity index (χ2n) is 8.26. The fraction of sp³-hybridized carbons (Fsp3) is 0.292. The summed E-state index contributed by atoms with van der Waals surface area (Å²) in [5, 5.41) is 9.18. The number of carbonyl (C=O) groups excluding carboxylic acids is 1. The molecule has 6 nitrogen and oxygen atoms in total. The largest absolute Gasteiger partial charge is 0.352 e. The molecule has 170 valence electrons. The van der Waals surface area contributed by atoms with Crippen LogP contribution in [-0.2, 0) is 11.3 Å². The SMILES string of the molecule is Cc1nn(-c2ccc(F)cc2)c2nc(N3CCC[C@H](C(=O)NCc4cccc(Cl)c4)C3)sc12. The molecular weight excluding hydrogens is 461 g/mol. The first kappa shape index (κ1) is 21.9. The first-order valence-electron chi connectivity index (χ1n) is 10.9. The van der Waals surface area contributed by atoms with Crippen molar-refractivity contribution in [1.29, 1.82) is 0 Å². The summed E-state index contributed by atoms with van der Waals surface area (Å²) in [4.78, 5) is 19.9. The van der Waals surface area contributed by atoms with Gasteiger partial charge in [0.2, 0.25) is 5.91 Å². The Bertz CT molecular complexity index is 1300. The Balaban J connectivity index is 1.32. The van der Waals surface area contributed by atoms with Crippen molar-refractivity contribution in [2.24, 2.45) is 5.92 Å². The second-order valence-corrected chi connectivity index (χ2v) is 9.67. The van der Waals surface area contributed by atoms with E-state index >= 15 is 0 Å². The van der Waals surface area contributed by atoms with Crippen molar-refractivity contribution in [2.75, 3.05) is 18.0 Å². The van der Waals surface area contributed by atoms with Crippen LogP contribution in [0.25, 0.3) is 16.0 Å². The molecule has 0 bridgehead atoms. The van der Waals surface area contributed by atoms with Crippen LogP contribution < -0.4 is 10.2 Å². The third kappa shape index (κ3) is 4.58. The van der Waals surface area contributed by atoms with E-state index in [1.165, 1.54) is 12.1 Å². The number of piperidine rings is 1. The summed E-state index contributed by atoms with van der Waals surface area (Å²) in [5.74, 6) is -0.333. The average Bonchev–Trinajstić information content (AvgIpc) is 3.39. The number of halogens is 2. The second kappa shape index (κ2) is 9.11. The molecule has 1 aliphatic rings. The van der Waals surface area contributed by atoms with Crippen LogP contribution in [0.2, 0.25) is 5.02 Å². The monoisotopic (exact) mass is 483 g/mol. The highest BCUT2D eigenvalue weighted by molar-refractivity contribution is 7.22. The highest BCUT2D eigenvalue weighted by Crippen LogP contribution is 2.34. The number of thiazole rings is 1. The van der Waals surface area contributed by atoms with Gasteiger partial charge in [0.25, 0.3) is 0 Å². The normalized spacial score (nSPS) is 16.3. The molecule has 1 amide bonds. The van der Waals surface area contributed by atoms with Crippen LogP contribution in [0.5, 0.6) is 0 Å². The maximum absolute atomic E-state index is 13.4. The molecule has 1 N–H and O–H groups in total. The Kier molecular flexibility index (Phi) is 6.03. The van der Waals surface area contributed by atoms with Gasteiger partial charge in [-0.25, -0.2) is 9.07 Å². The molecule has 0 aliphatic carbocycles. The van der Waals surface area contributed by atoms with Crippen molar-refractivity contribution in [3.05, 3.63) is 70.6 Å². The molecule has 1 aliphatic heterocycles. The van der Waals surface area contributed by atoms with Gasteiger partial charge in [0.15, 0.2) is 10.8 Å². The van der Waals surface area contributed by atoms with E-state index in [0.717, 1.165) is 51.8 Å². The van der Waals surface area contributed by atoms with Gasteiger partial charge in [-0.2, -0.15) is 10.1 Å². The van der Waals surface area contributed by atoms with Gasteiger partial charge in [-0.3, -0.25) is 4.79 Å². The van der Waals surface area contributed by atoms with Crippen LogP contribution in [0.15, 0.2) is 48.5 Å². The Morgan fingerprint density at radius 1 is 1.27 bits per heavy atom.